The molecule has 0 saturated carbocycles. The maximum atomic E-state index is 12.0. The van der Waals surface area contributed by atoms with Crippen LogP contribution in [0.2, 0.25) is 0 Å². The number of imidazole rings is 1. The maximum absolute atomic E-state index is 12.0. The average molecular weight is 342 g/mol. The molecule has 1 aromatic carbocycles. The first-order valence-corrected chi connectivity index (χ1v) is 9.16. The van der Waals surface area contributed by atoms with E-state index in [9.17, 15) is 4.57 Å². The molecule has 0 aliphatic heterocycles. The minimum Gasteiger partial charge on any atom is -0.377 e. The molecule has 0 atom stereocenters. The van der Waals surface area contributed by atoms with Gasteiger partial charge >= 0.3 is 7.82 Å². The standard InChI is InChI=1S/C15H23N2O5P/c1-3-20-23(18,21-4-2)22-12-11-19-10-9-17-13-16-14-7-5-6-8-15(14)17/h5-8,13H,3-4,9-12H2,1-2H3. The number of aromatic nitrogens is 2. The lowest BCUT2D eigenvalue weighted by Gasteiger charge is -2.16. The van der Waals surface area contributed by atoms with Gasteiger partial charge in [-0.05, 0) is 26.0 Å². The van der Waals surface area contributed by atoms with Gasteiger partial charge in [0, 0.05) is 6.54 Å². The van der Waals surface area contributed by atoms with E-state index in [1.54, 1.807) is 20.2 Å². The summed E-state index contributed by atoms with van der Waals surface area (Å²) in [6.45, 7) is 5.69. The molecule has 128 valence electrons. The van der Waals surface area contributed by atoms with Gasteiger partial charge in [-0.3, -0.25) is 13.6 Å². The second kappa shape index (κ2) is 9.15. The SMILES string of the molecule is CCOP(=O)(OCC)OCCOCCn1cnc2ccccc21. The van der Waals surface area contributed by atoms with Gasteiger partial charge in [0.25, 0.3) is 0 Å². The molecule has 7 nitrogen and oxygen atoms in total. The van der Waals surface area contributed by atoms with Crippen molar-refractivity contribution in [3.8, 4) is 0 Å². The molecule has 0 fully saturated rings. The van der Waals surface area contributed by atoms with Crippen molar-refractivity contribution in [1.82, 2.24) is 9.55 Å². The van der Waals surface area contributed by atoms with E-state index in [-0.39, 0.29) is 19.8 Å². The Morgan fingerprint density at radius 2 is 1.78 bits per heavy atom. The first-order valence-electron chi connectivity index (χ1n) is 7.70. The van der Waals surface area contributed by atoms with E-state index in [4.69, 9.17) is 18.3 Å². The van der Waals surface area contributed by atoms with Gasteiger partial charge in [0.05, 0.1) is 50.4 Å². The Labute approximate surface area is 136 Å². The van der Waals surface area contributed by atoms with Crippen molar-refractivity contribution in [1.29, 1.82) is 0 Å². The molecule has 2 aromatic rings. The summed E-state index contributed by atoms with van der Waals surface area (Å²) in [6, 6.07) is 7.93. The Morgan fingerprint density at radius 1 is 1.04 bits per heavy atom. The summed E-state index contributed by atoms with van der Waals surface area (Å²) < 4.78 is 34.8. The molecule has 0 saturated heterocycles. The molecule has 8 heteroatoms. The molecule has 0 N–H and O–H groups in total. The van der Waals surface area contributed by atoms with Crippen molar-refractivity contribution in [2.45, 2.75) is 20.4 Å². The minimum absolute atomic E-state index is 0.155. The van der Waals surface area contributed by atoms with E-state index < -0.39 is 7.82 Å². The van der Waals surface area contributed by atoms with E-state index in [2.05, 4.69) is 4.98 Å². The van der Waals surface area contributed by atoms with Gasteiger partial charge in [-0.25, -0.2) is 9.55 Å². The Balaban J connectivity index is 1.68. The predicted octanol–water partition coefficient (Wildman–Crippen LogP) is 3.25. The fourth-order valence-electron chi connectivity index (χ4n) is 2.09. The summed E-state index contributed by atoms with van der Waals surface area (Å²) in [5, 5.41) is 0. The minimum atomic E-state index is -3.44. The lowest BCUT2D eigenvalue weighted by Crippen LogP contribution is -2.10. The van der Waals surface area contributed by atoms with Crippen LogP contribution in [0.3, 0.4) is 0 Å². The number of phosphoric acid groups is 1. The predicted molar refractivity (Wildman–Crippen MR) is 87.4 cm³/mol. The fraction of sp³-hybridized carbons (Fsp3) is 0.533. The first kappa shape index (κ1) is 18.1. The quantitative estimate of drug-likeness (QED) is 0.461. The summed E-state index contributed by atoms with van der Waals surface area (Å²) in [6.07, 6.45) is 1.79. The highest BCUT2D eigenvalue weighted by atomic mass is 31.2. The van der Waals surface area contributed by atoms with Crippen molar-refractivity contribution in [2.24, 2.45) is 0 Å². The molecule has 0 bridgehead atoms. The normalized spacial score (nSPS) is 12.1. The number of fused-ring (bicyclic) bond motifs is 1. The van der Waals surface area contributed by atoms with Crippen LogP contribution in [0.25, 0.3) is 11.0 Å². The Kier molecular flexibility index (Phi) is 7.20. The van der Waals surface area contributed by atoms with E-state index in [0.29, 0.717) is 19.8 Å². The number of benzene rings is 1. The molecule has 0 unspecified atom stereocenters. The van der Waals surface area contributed by atoms with Gasteiger partial charge in [-0.2, -0.15) is 0 Å². The molecule has 23 heavy (non-hydrogen) atoms. The fourth-order valence-corrected chi connectivity index (χ4v) is 3.24. The van der Waals surface area contributed by atoms with Crippen molar-refractivity contribution < 1.29 is 22.9 Å². The van der Waals surface area contributed by atoms with E-state index in [1.807, 2.05) is 28.8 Å². The molecule has 0 spiro atoms. The number of ether oxygens (including phenoxy) is 1. The molecule has 0 aliphatic rings. The number of hydrogen-bond acceptors (Lipinski definition) is 6. The number of rotatable bonds is 11. The van der Waals surface area contributed by atoms with Gasteiger partial charge in [0.2, 0.25) is 0 Å². The summed E-state index contributed by atoms with van der Waals surface area (Å²) in [5.74, 6) is 0. The van der Waals surface area contributed by atoms with E-state index in [0.717, 1.165) is 11.0 Å². The Morgan fingerprint density at radius 3 is 2.52 bits per heavy atom. The van der Waals surface area contributed by atoms with Crippen LogP contribution in [0.5, 0.6) is 0 Å². The molecule has 2 rings (SSSR count). The van der Waals surface area contributed by atoms with Gasteiger partial charge in [-0.15, -0.1) is 0 Å². The zero-order chi connectivity index (χ0) is 16.5. The number of phosphoric ester groups is 1. The Hall–Kier alpha value is -1.24. The molecule has 0 amide bonds. The molecular weight excluding hydrogens is 319 g/mol. The van der Waals surface area contributed by atoms with E-state index >= 15 is 0 Å². The monoisotopic (exact) mass is 342 g/mol. The van der Waals surface area contributed by atoms with Gasteiger partial charge in [-0.1, -0.05) is 12.1 Å². The highest BCUT2D eigenvalue weighted by Crippen LogP contribution is 2.48. The second-order valence-electron chi connectivity index (χ2n) is 4.66. The van der Waals surface area contributed by atoms with Crippen molar-refractivity contribution in [3.63, 3.8) is 0 Å². The second-order valence-corrected chi connectivity index (χ2v) is 6.32. The Bertz CT molecular complexity index is 636. The summed E-state index contributed by atoms with van der Waals surface area (Å²) in [4.78, 5) is 4.32. The first-order chi connectivity index (χ1) is 11.2. The summed E-state index contributed by atoms with van der Waals surface area (Å²) in [7, 11) is -3.44. The van der Waals surface area contributed by atoms with Gasteiger partial charge in [0.15, 0.2) is 0 Å². The third-order valence-corrected chi connectivity index (χ3v) is 4.70. The van der Waals surface area contributed by atoms with Gasteiger partial charge in [0.1, 0.15) is 0 Å². The largest absolute Gasteiger partial charge is 0.474 e. The van der Waals surface area contributed by atoms with Crippen LogP contribution in [-0.2, 0) is 29.4 Å². The molecule has 1 aromatic heterocycles. The molecule has 0 radical (unpaired) electrons. The zero-order valence-electron chi connectivity index (χ0n) is 13.5. The summed E-state index contributed by atoms with van der Waals surface area (Å²) in [5.41, 5.74) is 2.04. The topological polar surface area (TPSA) is 71.8 Å². The lowest BCUT2D eigenvalue weighted by molar-refractivity contribution is 0.0649. The average Bonchev–Trinajstić information content (AvgIpc) is 2.94. The highest BCUT2D eigenvalue weighted by molar-refractivity contribution is 7.48. The van der Waals surface area contributed by atoms with E-state index in [1.165, 1.54) is 0 Å². The third kappa shape index (κ3) is 5.41. The highest BCUT2D eigenvalue weighted by Gasteiger charge is 2.24. The van der Waals surface area contributed by atoms with Gasteiger partial charge < -0.3 is 9.30 Å². The van der Waals surface area contributed by atoms with Crippen LogP contribution < -0.4 is 0 Å². The molecule has 1 heterocycles. The number of para-hydroxylation sites is 2. The van der Waals surface area contributed by atoms with Crippen LogP contribution in [-0.4, -0.2) is 42.6 Å². The summed E-state index contributed by atoms with van der Waals surface area (Å²) >= 11 is 0. The van der Waals surface area contributed by atoms with Crippen LogP contribution in [0.15, 0.2) is 30.6 Å². The van der Waals surface area contributed by atoms with Crippen molar-refractivity contribution >= 4 is 18.9 Å². The molecular formula is C15H23N2O5P. The number of nitrogens with zero attached hydrogens (tertiary/aromatic N) is 2. The lowest BCUT2D eigenvalue weighted by atomic mass is 10.3. The smallest absolute Gasteiger partial charge is 0.377 e. The maximum Gasteiger partial charge on any atom is 0.474 e. The van der Waals surface area contributed by atoms with Crippen LogP contribution in [0, 0.1) is 0 Å². The van der Waals surface area contributed by atoms with Crippen molar-refractivity contribution in [2.75, 3.05) is 33.0 Å². The van der Waals surface area contributed by atoms with Crippen LogP contribution in [0.4, 0.5) is 0 Å². The molecule has 0 aliphatic carbocycles. The number of hydrogen-bond donors (Lipinski definition) is 0. The zero-order valence-corrected chi connectivity index (χ0v) is 14.4. The van der Waals surface area contributed by atoms with Crippen molar-refractivity contribution in [3.05, 3.63) is 30.6 Å². The third-order valence-electron chi connectivity index (χ3n) is 3.06. The van der Waals surface area contributed by atoms with Crippen LogP contribution >= 0.6 is 7.82 Å². The van der Waals surface area contributed by atoms with Crippen LogP contribution in [0.1, 0.15) is 13.8 Å².